The molecular weight excluding hydrogens is 332 g/mol. The molecular formula is C19H18N4O3. The second kappa shape index (κ2) is 7.03. The second-order valence-electron chi connectivity index (χ2n) is 6.49. The largest absolute Gasteiger partial charge is 0.440 e. The van der Waals surface area contributed by atoms with E-state index >= 15 is 0 Å². The van der Waals surface area contributed by atoms with Crippen molar-refractivity contribution in [2.24, 2.45) is 5.18 Å². The average molecular weight is 350 g/mol. The Morgan fingerprint density at radius 1 is 1.23 bits per heavy atom. The van der Waals surface area contributed by atoms with Gasteiger partial charge in [-0.25, -0.2) is 4.98 Å². The molecule has 132 valence electrons. The van der Waals surface area contributed by atoms with Crippen LogP contribution in [0, 0.1) is 4.91 Å². The number of carbonyl (C=O) groups excluding carboxylic acids is 1. The number of piperidine rings is 1. The fourth-order valence-electron chi connectivity index (χ4n) is 3.29. The van der Waals surface area contributed by atoms with Crippen LogP contribution in [0.5, 0.6) is 0 Å². The highest BCUT2D eigenvalue weighted by Gasteiger charge is 2.24. The van der Waals surface area contributed by atoms with Gasteiger partial charge < -0.3 is 9.32 Å². The lowest BCUT2D eigenvalue weighted by Gasteiger charge is -2.27. The third-order valence-electron chi connectivity index (χ3n) is 4.80. The van der Waals surface area contributed by atoms with Crippen LogP contribution >= 0.6 is 0 Å². The maximum absolute atomic E-state index is 10.8. The number of nitrogens with zero attached hydrogens (tertiary/aromatic N) is 4. The highest BCUT2D eigenvalue weighted by atomic mass is 16.3. The molecule has 1 aliphatic rings. The van der Waals surface area contributed by atoms with E-state index in [0.29, 0.717) is 0 Å². The van der Waals surface area contributed by atoms with Crippen LogP contribution in [0.2, 0.25) is 0 Å². The van der Waals surface area contributed by atoms with Crippen LogP contribution in [0.1, 0.15) is 30.2 Å². The van der Waals surface area contributed by atoms with E-state index in [9.17, 15) is 9.70 Å². The molecule has 1 saturated heterocycles. The molecule has 1 aromatic carbocycles. The third-order valence-corrected chi connectivity index (χ3v) is 4.80. The smallest absolute Gasteiger partial charge is 0.209 e. The molecule has 1 fully saturated rings. The lowest BCUT2D eigenvalue weighted by molar-refractivity contribution is -0.119. The zero-order valence-electron chi connectivity index (χ0n) is 14.2. The van der Waals surface area contributed by atoms with E-state index in [1.54, 1.807) is 11.1 Å². The number of carbonyl (C=O) groups is 1. The standard InChI is InChI=1S/C19H18N4O3/c24-12-23-7-5-14(6-8-23)19-22-17-9-15(2-4-18(17)26-19)16-3-1-13(10-20-16)11-21-25/h1-4,9-10,12,14H,5-8,11H2. The quantitative estimate of drug-likeness (QED) is 0.519. The number of benzene rings is 1. The van der Waals surface area contributed by atoms with Crippen molar-refractivity contribution in [3.05, 3.63) is 52.9 Å². The summed E-state index contributed by atoms with van der Waals surface area (Å²) in [7, 11) is 0. The SMILES string of the molecule is O=CN1CCC(c2nc3cc(-c4ccc(CN=O)cn4)ccc3o2)CC1. The molecule has 0 N–H and O–H groups in total. The first-order valence-corrected chi connectivity index (χ1v) is 8.61. The number of rotatable bonds is 5. The number of hydrogen-bond acceptors (Lipinski definition) is 6. The lowest BCUT2D eigenvalue weighted by atomic mass is 9.97. The van der Waals surface area contributed by atoms with Crippen molar-refractivity contribution in [1.29, 1.82) is 0 Å². The molecule has 2 aromatic heterocycles. The van der Waals surface area contributed by atoms with E-state index in [1.807, 2.05) is 30.3 Å². The number of aromatic nitrogens is 2. The van der Waals surface area contributed by atoms with Gasteiger partial charge in [0.2, 0.25) is 6.41 Å². The molecule has 1 amide bonds. The minimum absolute atomic E-state index is 0.127. The molecule has 0 saturated carbocycles. The van der Waals surface area contributed by atoms with Gasteiger partial charge in [-0.05, 0) is 42.7 Å². The highest BCUT2D eigenvalue weighted by molar-refractivity contribution is 5.79. The summed E-state index contributed by atoms with van der Waals surface area (Å²) >= 11 is 0. The van der Waals surface area contributed by atoms with Crippen molar-refractivity contribution in [2.45, 2.75) is 25.3 Å². The van der Waals surface area contributed by atoms with Crippen molar-refractivity contribution in [1.82, 2.24) is 14.9 Å². The number of likely N-dealkylation sites (tertiary alicyclic amines) is 1. The summed E-state index contributed by atoms with van der Waals surface area (Å²) in [6, 6.07) is 9.54. The van der Waals surface area contributed by atoms with Crippen LogP contribution in [0.3, 0.4) is 0 Å². The zero-order chi connectivity index (χ0) is 17.9. The van der Waals surface area contributed by atoms with E-state index < -0.39 is 0 Å². The van der Waals surface area contributed by atoms with Gasteiger partial charge in [-0.15, -0.1) is 0 Å². The van der Waals surface area contributed by atoms with Gasteiger partial charge in [-0.2, -0.15) is 4.91 Å². The number of oxazole rings is 1. The number of fused-ring (bicyclic) bond motifs is 1. The van der Waals surface area contributed by atoms with E-state index in [-0.39, 0.29) is 12.5 Å². The molecule has 0 spiro atoms. The van der Waals surface area contributed by atoms with Gasteiger partial charge in [0, 0.05) is 30.8 Å². The van der Waals surface area contributed by atoms with Gasteiger partial charge in [-0.3, -0.25) is 9.78 Å². The van der Waals surface area contributed by atoms with Gasteiger partial charge >= 0.3 is 0 Å². The molecule has 3 aromatic rings. The van der Waals surface area contributed by atoms with Crippen LogP contribution in [-0.4, -0.2) is 34.4 Å². The first-order chi connectivity index (χ1) is 12.8. The minimum atomic E-state index is 0.127. The normalized spacial score (nSPS) is 15.3. The van der Waals surface area contributed by atoms with Crippen LogP contribution in [0.15, 0.2) is 46.1 Å². The van der Waals surface area contributed by atoms with Crippen LogP contribution < -0.4 is 0 Å². The molecule has 0 atom stereocenters. The van der Waals surface area contributed by atoms with Gasteiger partial charge in [0.05, 0.1) is 5.69 Å². The van der Waals surface area contributed by atoms with Crippen molar-refractivity contribution in [3.63, 3.8) is 0 Å². The maximum atomic E-state index is 10.8. The molecule has 0 radical (unpaired) electrons. The molecule has 0 bridgehead atoms. The summed E-state index contributed by atoms with van der Waals surface area (Å²) in [6.45, 7) is 1.61. The Balaban J connectivity index is 1.57. The highest BCUT2D eigenvalue weighted by Crippen LogP contribution is 2.31. The first kappa shape index (κ1) is 16.4. The fourth-order valence-corrected chi connectivity index (χ4v) is 3.29. The van der Waals surface area contributed by atoms with E-state index in [2.05, 4.69) is 15.1 Å². The van der Waals surface area contributed by atoms with Gasteiger partial charge in [0.15, 0.2) is 11.5 Å². The molecule has 0 unspecified atom stereocenters. The van der Waals surface area contributed by atoms with Crippen molar-refractivity contribution in [3.8, 4) is 11.3 Å². The molecule has 7 heteroatoms. The predicted molar refractivity (Wildman–Crippen MR) is 96.4 cm³/mol. The number of amides is 1. The number of nitroso groups, excluding NO2 is 1. The topological polar surface area (TPSA) is 88.7 Å². The summed E-state index contributed by atoms with van der Waals surface area (Å²) < 4.78 is 5.93. The van der Waals surface area contributed by atoms with Crippen molar-refractivity contribution >= 4 is 17.5 Å². The third kappa shape index (κ3) is 3.20. The molecule has 26 heavy (non-hydrogen) atoms. The molecule has 7 nitrogen and oxygen atoms in total. The number of hydrogen-bond donors (Lipinski definition) is 0. The Morgan fingerprint density at radius 2 is 2.08 bits per heavy atom. The molecule has 4 rings (SSSR count). The average Bonchev–Trinajstić information content (AvgIpc) is 3.12. The fraction of sp³-hybridized carbons (Fsp3) is 0.316. The van der Waals surface area contributed by atoms with Crippen LogP contribution in [0.25, 0.3) is 22.4 Å². The van der Waals surface area contributed by atoms with Crippen LogP contribution in [-0.2, 0) is 11.3 Å². The van der Waals surface area contributed by atoms with Crippen molar-refractivity contribution in [2.75, 3.05) is 13.1 Å². The lowest BCUT2D eigenvalue weighted by Crippen LogP contribution is -2.31. The monoisotopic (exact) mass is 350 g/mol. The summed E-state index contributed by atoms with van der Waals surface area (Å²) in [6.07, 6.45) is 4.30. The number of pyridine rings is 1. The summed E-state index contributed by atoms with van der Waals surface area (Å²) in [5, 5.41) is 2.87. The van der Waals surface area contributed by atoms with Crippen molar-refractivity contribution < 1.29 is 9.21 Å². The summed E-state index contributed by atoms with van der Waals surface area (Å²) in [5.74, 6) is 0.985. The summed E-state index contributed by atoms with van der Waals surface area (Å²) in [5.41, 5.74) is 4.10. The van der Waals surface area contributed by atoms with Gasteiger partial charge in [-0.1, -0.05) is 11.2 Å². The molecule has 3 heterocycles. The van der Waals surface area contributed by atoms with Gasteiger partial charge in [0.25, 0.3) is 0 Å². The predicted octanol–water partition coefficient (Wildman–Crippen LogP) is 3.49. The maximum Gasteiger partial charge on any atom is 0.209 e. The minimum Gasteiger partial charge on any atom is -0.440 e. The Kier molecular flexibility index (Phi) is 4.43. The van der Waals surface area contributed by atoms with E-state index in [0.717, 1.165) is 66.2 Å². The van der Waals surface area contributed by atoms with Gasteiger partial charge in [0.1, 0.15) is 12.1 Å². The van der Waals surface area contributed by atoms with E-state index in [4.69, 9.17) is 4.42 Å². The summed E-state index contributed by atoms with van der Waals surface area (Å²) in [4.78, 5) is 32.0. The Labute approximate surface area is 150 Å². The molecule has 0 aliphatic carbocycles. The zero-order valence-corrected chi connectivity index (χ0v) is 14.2. The first-order valence-electron chi connectivity index (χ1n) is 8.61. The Bertz CT molecular complexity index is 928. The van der Waals surface area contributed by atoms with Crippen LogP contribution in [0.4, 0.5) is 0 Å². The van der Waals surface area contributed by atoms with E-state index in [1.165, 1.54) is 0 Å². The molecule has 1 aliphatic heterocycles. The Morgan fingerprint density at radius 3 is 2.77 bits per heavy atom. The second-order valence-corrected chi connectivity index (χ2v) is 6.49. The Hall–Kier alpha value is -3.09.